The fourth-order valence-electron chi connectivity index (χ4n) is 3.17. The Labute approximate surface area is 128 Å². The molecule has 1 aromatic heterocycles. The minimum absolute atomic E-state index is 0.108. The topological polar surface area (TPSA) is 16.4 Å². The lowest BCUT2D eigenvalue weighted by Gasteiger charge is -2.34. The molecule has 0 radical (unpaired) electrons. The maximum atomic E-state index is 6.23. The molecule has 2 aliphatic rings. The first-order valence-electron chi connectivity index (χ1n) is 8.04. The van der Waals surface area contributed by atoms with Gasteiger partial charge in [-0.3, -0.25) is 4.90 Å². The minimum Gasteiger partial charge on any atom is -0.459 e. The van der Waals surface area contributed by atoms with Crippen LogP contribution in [-0.4, -0.2) is 17.0 Å². The van der Waals surface area contributed by atoms with Gasteiger partial charge in [0.1, 0.15) is 11.5 Å². The molecule has 0 amide bonds. The van der Waals surface area contributed by atoms with Gasteiger partial charge in [0.05, 0.1) is 6.54 Å². The Morgan fingerprint density at radius 3 is 2.57 bits per heavy atom. The molecule has 1 aliphatic heterocycles. The molecule has 2 heterocycles. The van der Waals surface area contributed by atoms with Gasteiger partial charge in [-0.15, -0.1) is 0 Å². The van der Waals surface area contributed by atoms with Crippen molar-refractivity contribution in [1.29, 1.82) is 0 Å². The van der Waals surface area contributed by atoms with Gasteiger partial charge in [-0.25, -0.2) is 0 Å². The maximum absolute atomic E-state index is 6.23. The summed E-state index contributed by atoms with van der Waals surface area (Å²) >= 11 is 0. The SMILES string of the molecule is CC1(C)C=Cc2oc3c(c2C=C1)CCCN(C(C)(C)C)C3. The monoisotopic (exact) mass is 285 g/mol. The Hall–Kier alpha value is -1.28. The number of nitrogens with zero attached hydrogens (tertiary/aromatic N) is 1. The molecule has 0 saturated heterocycles. The molecule has 0 aromatic carbocycles. The Balaban J connectivity index is 1.99. The minimum atomic E-state index is 0.108. The van der Waals surface area contributed by atoms with E-state index in [9.17, 15) is 0 Å². The lowest BCUT2D eigenvalue weighted by atomic mass is 9.93. The number of fused-ring (bicyclic) bond motifs is 3. The fourth-order valence-corrected chi connectivity index (χ4v) is 3.17. The van der Waals surface area contributed by atoms with E-state index in [1.807, 2.05) is 0 Å². The van der Waals surface area contributed by atoms with Gasteiger partial charge >= 0.3 is 0 Å². The zero-order valence-electron chi connectivity index (χ0n) is 14.0. The van der Waals surface area contributed by atoms with Crippen molar-refractivity contribution in [2.45, 2.75) is 59.5 Å². The second-order valence-electron chi connectivity index (χ2n) is 7.97. The molecule has 3 rings (SSSR count). The van der Waals surface area contributed by atoms with Crippen LogP contribution >= 0.6 is 0 Å². The van der Waals surface area contributed by atoms with E-state index in [0.717, 1.165) is 25.3 Å². The molecule has 0 unspecified atom stereocenters. The number of hydrogen-bond acceptors (Lipinski definition) is 2. The van der Waals surface area contributed by atoms with E-state index in [4.69, 9.17) is 4.42 Å². The molecule has 0 atom stereocenters. The van der Waals surface area contributed by atoms with Crippen LogP contribution in [0.25, 0.3) is 12.2 Å². The molecule has 2 heteroatoms. The lowest BCUT2D eigenvalue weighted by molar-refractivity contribution is 0.120. The van der Waals surface area contributed by atoms with E-state index in [1.165, 1.54) is 23.3 Å². The molecular weight excluding hydrogens is 258 g/mol. The summed E-state index contributed by atoms with van der Waals surface area (Å²) in [4.78, 5) is 2.53. The molecule has 0 N–H and O–H groups in total. The van der Waals surface area contributed by atoms with Gasteiger partial charge in [0.2, 0.25) is 0 Å². The highest BCUT2D eigenvalue weighted by Crippen LogP contribution is 2.35. The van der Waals surface area contributed by atoms with E-state index >= 15 is 0 Å². The summed E-state index contributed by atoms with van der Waals surface area (Å²) in [6.07, 6.45) is 11.3. The Morgan fingerprint density at radius 2 is 1.86 bits per heavy atom. The summed E-state index contributed by atoms with van der Waals surface area (Å²) in [5.74, 6) is 2.21. The molecule has 21 heavy (non-hydrogen) atoms. The van der Waals surface area contributed by atoms with Crippen LogP contribution in [0.1, 0.15) is 63.7 Å². The molecule has 0 fully saturated rings. The van der Waals surface area contributed by atoms with Crippen LogP contribution in [0.5, 0.6) is 0 Å². The van der Waals surface area contributed by atoms with E-state index in [1.54, 1.807) is 0 Å². The predicted molar refractivity (Wildman–Crippen MR) is 89.0 cm³/mol. The van der Waals surface area contributed by atoms with Gasteiger partial charge in [0.15, 0.2) is 0 Å². The highest BCUT2D eigenvalue weighted by Gasteiger charge is 2.29. The van der Waals surface area contributed by atoms with Crippen LogP contribution < -0.4 is 0 Å². The third kappa shape index (κ3) is 2.87. The second-order valence-corrected chi connectivity index (χ2v) is 7.97. The second kappa shape index (κ2) is 4.88. The highest BCUT2D eigenvalue weighted by atomic mass is 16.3. The molecule has 1 aliphatic carbocycles. The highest BCUT2D eigenvalue weighted by molar-refractivity contribution is 5.69. The molecule has 2 nitrogen and oxygen atoms in total. The van der Waals surface area contributed by atoms with Gasteiger partial charge in [-0.05, 0) is 46.2 Å². The van der Waals surface area contributed by atoms with E-state index in [2.05, 4.69) is 63.8 Å². The number of allylic oxidation sites excluding steroid dienone is 2. The molecule has 1 aromatic rings. The summed E-state index contributed by atoms with van der Waals surface area (Å²) in [6, 6.07) is 0. The van der Waals surface area contributed by atoms with Gasteiger partial charge < -0.3 is 4.42 Å². The Kier molecular flexibility index (Phi) is 3.40. The van der Waals surface area contributed by atoms with Crippen molar-refractivity contribution in [3.05, 3.63) is 34.8 Å². The van der Waals surface area contributed by atoms with Gasteiger partial charge in [0.25, 0.3) is 0 Å². The van der Waals surface area contributed by atoms with Crippen molar-refractivity contribution in [1.82, 2.24) is 4.90 Å². The average Bonchev–Trinajstić information content (AvgIpc) is 2.51. The van der Waals surface area contributed by atoms with Crippen LogP contribution in [-0.2, 0) is 13.0 Å². The first-order valence-corrected chi connectivity index (χ1v) is 8.04. The normalized spacial score (nSPS) is 21.6. The van der Waals surface area contributed by atoms with Crippen LogP contribution in [0, 0.1) is 5.41 Å². The Morgan fingerprint density at radius 1 is 1.14 bits per heavy atom. The fraction of sp³-hybridized carbons (Fsp3) is 0.579. The molecular formula is C19H27NO. The van der Waals surface area contributed by atoms with Crippen molar-refractivity contribution in [3.8, 4) is 0 Å². The van der Waals surface area contributed by atoms with E-state index < -0.39 is 0 Å². The van der Waals surface area contributed by atoms with E-state index in [-0.39, 0.29) is 11.0 Å². The predicted octanol–water partition coefficient (Wildman–Crippen LogP) is 4.89. The van der Waals surface area contributed by atoms with Crippen molar-refractivity contribution in [3.63, 3.8) is 0 Å². The third-order valence-corrected chi connectivity index (χ3v) is 4.64. The lowest BCUT2D eigenvalue weighted by Crippen LogP contribution is -2.40. The van der Waals surface area contributed by atoms with Gasteiger partial charge in [-0.1, -0.05) is 32.1 Å². The van der Waals surface area contributed by atoms with Crippen molar-refractivity contribution >= 4 is 12.2 Å². The van der Waals surface area contributed by atoms with Crippen molar-refractivity contribution < 1.29 is 4.42 Å². The summed E-state index contributed by atoms with van der Waals surface area (Å²) in [6.45, 7) is 13.4. The quantitative estimate of drug-likeness (QED) is 0.674. The van der Waals surface area contributed by atoms with E-state index in [0.29, 0.717) is 0 Å². The number of rotatable bonds is 0. The molecule has 0 saturated carbocycles. The smallest absolute Gasteiger partial charge is 0.134 e. The Bertz CT molecular complexity index is 596. The molecule has 0 spiro atoms. The number of furan rings is 1. The largest absolute Gasteiger partial charge is 0.459 e. The van der Waals surface area contributed by atoms with Crippen LogP contribution in [0.3, 0.4) is 0 Å². The van der Waals surface area contributed by atoms with Crippen LogP contribution in [0.2, 0.25) is 0 Å². The number of hydrogen-bond donors (Lipinski definition) is 0. The van der Waals surface area contributed by atoms with Crippen molar-refractivity contribution in [2.24, 2.45) is 5.41 Å². The first kappa shape index (κ1) is 14.6. The zero-order chi connectivity index (χ0) is 15.3. The molecule has 114 valence electrons. The molecule has 0 bridgehead atoms. The third-order valence-electron chi connectivity index (χ3n) is 4.64. The van der Waals surface area contributed by atoms with Crippen LogP contribution in [0.15, 0.2) is 16.6 Å². The average molecular weight is 285 g/mol. The summed E-state index contributed by atoms with van der Waals surface area (Å²) < 4.78 is 6.23. The zero-order valence-corrected chi connectivity index (χ0v) is 14.0. The first-order chi connectivity index (χ1) is 9.76. The van der Waals surface area contributed by atoms with Gasteiger partial charge in [0, 0.05) is 22.1 Å². The van der Waals surface area contributed by atoms with Crippen molar-refractivity contribution in [2.75, 3.05) is 6.54 Å². The summed E-state index contributed by atoms with van der Waals surface area (Å²) in [7, 11) is 0. The standard InChI is InChI=1S/C19H27NO/c1-18(2,3)20-12-6-7-14-15-8-10-19(4,5)11-9-16(15)21-17(14)13-20/h8-11H,6-7,12-13H2,1-5H3. The van der Waals surface area contributed by atoms with Gasteiger partial charge in [-0.2, -0.15) is 0 Å². The summed E-state index contributed by atoms with van der Waals surface area (Å²) in [5.41, 5.74) is 3.04. The van der Waals surface area contributed by atoms with Crippen LogP contribution in [0.4, 0.5) is 0 Å². The maximum Gasteiger partial charge on any atom is 0.134 e. The summed E-state index contributed by atoms with van der Waals surface area (Å²) in [5, 5.41) is 0.